The van der Waals surface area contributed by atoms with Gasteiger partial charge in [-0.2, -0.15) is 4.31 Å². The number of halogens is 2. The Kier molecular flexibility index (Phi) is 4.21. The molecule has 0 spiro atoms. The van der Waals surface area contributed by atoms with E-state index >= 15 is 0 Å². The molecule has 0 amide bonds. The monoisotopic (exact) mass is 337 g/mol. The number of rotatable bonds is 4. The summed E-state index contributed by atoms with van der Waals surface area (Å²) in [6.45, 7) is -0.0172. The molecule has 6 heteroatoms. The summed E-state index contributed by atoms with van der Waals surface area (Å²) in [5.74, 6) is -1.93. The van der Waals surface area contributed by atoms with Crippen LogP contribution in [0, 0.1) is 11.6 Å². The minimum atomic E-state index is -3.66. The number of hydrogen-bond acceptors (Lipinski definition) is 2. The summed E-state index contributed by atoms with van der Waals surface area (Å²) in [7, 11) is -2.23. The van der Waals surface area contributed by atoms with Crippen LogP contribution in [0.15, 0.2) is 41.3 Å². The van der Waals surface area contributed by atoms with Gasteiger partial charge in [0.25, 0.3) is 0 Å². The van der Waals surface area contributed by atoms with E-state index in [1.807, 2.05) is 6.07 Å². The van der Waals surface area contributed by atoms with E-state index < -0.39 is 21.7 Å². The zero-order valence-corrected chi connectivity index (χ0v) is 13.5. The molecule has 3 nitrogen and oxygen atoms in total. The summed E-state index contributed by atoms with van der Waals surface area (Å²) < 4.78 is 52.7. The van der Waals surface area contributed by atoms with E-state index in [2.05, 4.69) is 0 Å². The molecule has 23 heavy (non-hydrogen) atoms. The van der Waals surface area contributed by atoms with Crippen molar-refractivity contribution in [2.75, 3.05) is 7.05 Å². The first-order valence-electron chi connectivity index (χ1n) is 7.40. The summed E-state index contributed by atoms with van der Waals surface area (Å²) in [5, 5.41) is 0. The third kappa shape index (κ3) is 3.14. The second-order valence-electron chi connectivity index (χ2n) is 5.79. The van der Waals surface area contributed by atoms with Crippen molar-refractivity contribution in [2.45, 2.75) is 30.7 Å². The van der Waals surface area contributed by atoms with Crippen LogP contribution in [-0.2, 0) is 29.4 Å². The van der Waals surface area contributed by atoms with Crippen LogP contribution >= 0.6 is 0 Å². The van der Waals surface area contributed by atoms with E-state index in [1.54, 1.807) is 12.1 Å². The highest BCUT2D eigenvalue weighted by Crippen LogP contribution is 2.26. The average Bonchev–Trinajstić information content (AvgIpc) is 2.98. The lowest BCUT2D eigenvalue weighted by Gasteiger charge is -2.18. The quantitative estimate of drug-likeness (QED) is 0.859. The van der Waals surface area contributed by atoms with Crippen molar-refractivity contribution in [1.82, 2.24) is 4.31 Å². The van der Waals surface area contributed by atoms with Gasteiger partial charge in [0.1, 0.15) is 0 Å². The van der Waals surface area contributed by atoms with Gasteiger partial charge in [-0.3, -0.25) is 0 Å². The number of sulfonamides is 1. The molecule has 1 aliphatic rings. The molecular weight excluding hydrogens is 320 g/mol. The molecule has 0 heterocycles. The lowest BCUT2D eigenvalue weighted by molar-refractivity contribution is 0.461. The smallest absolute Gasteiger partial charge is 0.207 e. The molecule has 0 N–H and O–H groups in total. The molecular formula is C17H17F2NO2S. The van der Waals surface area contributed by atoms with Gasteiger partial charge < -0.3 is 0 Å². The van der Waals surface area contributed by atoms with E-state index in [4.69, 9.17) is 0 Å². The Morgan fingerprint density at radius 2 is 1.74 bits per heavy atom. The van der Waals surface area contributed by atoms with Gasteiger partial charge in [0.05, 0.1) is 4.90 Å². The average molecular weight is 337 g/mol. The zero-order chi connectivity index (χ0) is 16.6. The third-order valence-corrected chi connectivity index (χ3v) is 5.97. The molecule has 1 aliphatic carbocycles. The molecule has 0 saturated heterocycles. The summed E-state index contributed by atoms with van der Waals surface area (Å²) in [5.41, 5.74) is 2.68. The molecule has 0 saturated carbocycles. The number of nitrogens with zero attached hydrogens (tertiary/aromatic N) is 1. The highest BCUT2D eigenvalue weighted by atomic mass is 32.2. The van der Waals surface area contributed by atoms with Gasteiger partial charge in [-0.05, 0) is 60.2 Å². The van der Waals surface area contributed by atoms with Gasteiger partial charge in [0.15, 0.2) is 11.6 Å². The van der Waals surface area contributed by atoms with Crippen molar-refractivity contribution in [3.63, 3.8) is 0 Å². The number of benzene rings is 2. The second-order valence-corrected chi connectivity index (χ2v) is 7.84. The Balaban J connectivity index is 1.85. The van der Waals surface area contributed by atoms with E-state index in [1.165, 1.54) is 18.7 Å². The van der Waals surface area contributed by atoms with Crippen molar-refractivity contribution in [2.24, 2.45) is 0 Å². The highest BCUT2D eigenvalue weighted by molar-refractivity contribution is 7.89. The van der Waals surface area contributed by atoms with Gasteiger partial charge in [0, 0.05) is 13.6 Å². The Bertz CT molecular complexity index is 850. The maximum absolute atomic E-state index is 13.3. The van der Waals surface area contributed by atoms with Crippen molar-refractivity contribution in [3.8, 4) is 0 Å². The minimum absolute atomic E-state index is 0.0172. The summed E-state index contributed by atoms with van der Waals surface area (Å²) >= 11 is 0. The van der Waals surface area contributed by atoms with Gasteiger partial charge in [0.2, 0.25) is 10.0 Å². The van der Waals surface area contributed by atoms with Crippen LogP contribution in [0.5, 0.6) is 0 Å². The fourth-order valence-corrected chi connectivity index (χ4v) is 4.08. The van der Waals surface area contributed by atoms with Crippen LogP contribution < -0.4 is 0 Å². The Morgan fingerprint density at radius 1 is 1.00 bits per heavy atom. The zero-order valence-electron chi connectivity index (χ0n) is 12.7. The normalized spacial score (nSPS) is 14.3. The lowest BCUT2D eigenvalue weighted by atomic mass is 10.1. The third-order valence-electron chi connectivity index (χ3n) is 4.17. The SMILES string of the molecule is CN(Cc1ccc(F)c(F)c1)S(=O)(=O)c1ccc2c(c1)CCC2. The van der Waals surface area contributed by atoms with Crippen molar-refractivity contribution >= 4 is 10.0 Å². The first-order chi connectivity index (χ1) is 10.9. The minimum Gasteiger partial charge on any atom is -0.207 e. The standard InChI is InChI=1S/C17H17F2NO2S/c1-20(11-12-5-8-16(18)17(19)9-12)23(21,22)15-7-6-13-3-2-4-14(13)10-15/h5-10H,2-4,11H2,1H3. The van der Waals surface area contributed by atoms with Crippen molar-refractivity contribution in [3.05, 3.63) is 64.7 Å². The molecule has 0 fully saturated rings. The molecule has 0 atom stereocenters. The largest absolute Gasteiger partial charge is 0.243 e. The predicted octanol–water partition coefficient (Wildman–Crippen LogP) is 3.27. The number of fused-ring (bicyclic) bond motifs is 1. The van der Waals surface area contributed by atoms with Crippen LogP contribution in [0.4, 0.5) is 8.78 Å². The van der Waals surface area contributed by atoms with E-state index in [0.29, 0.717) is 5.56 Å². The maximum atomic E-state index is 13.3. The van der Waals surface area contributed by atoms with Gasteiger partial charge >= 0.3 is 0 Å². The molecule has 0 unspecified atom stereocenters. The van der Waals surface area contributed by atoms with E-state index in [-0.39, 0.29) is 11.4 Å². The van der Waals surface area contributed by atoms with E-state index in [9.17, 15) is 17.2 Å². The van der Waals surface area contributed by atoms with Gasteiger partial charge in [-0.25, -0.2) is 17.2 Å². The first kappa shape index (κ1) is 16.1. The summed E-state index contributed by atoms with van der Waals surface area (Å²) in [4.78, 5) is 0.239. The molecule has 122 valence electrons. The fourth-order valence-electron chi connectivity index (χ4n) is 2.87. The van der Waals surface area contributed by atoms with Crippen LogP contribution in [0.2, 0.25) is 0 Å². The molecule has 0 bridgehead atoms. The van der Waals surface area contributed by atoms with Crippen LogP contribution in [0.25, 0.3) is 0 Å². The van der Waals surface area contributed by atoms with Crippen LogP contribution in [0.3, 0.4) is 0 Å². The summed E-state index contributed by atoms with van der Waals surface area (Å²) in [6.07, 6.45) is 2.93. The van der Waals surface area contributed by atoms with Crippen LogP contribution in [0.1, 0.15) is 23.1 Å². The Labute approximate surface area is 134 Å². The predicted molar refractivity (Wildman–Crippen MR) is 83.5 cm³/mol. The topological polar surface area (TPSA) is 37.4 Å². The molecule has 2 aromatic carbocycles. The van der Waals surface area contributed by atoms with Gasteiger partial charge in [-0.15, -0.1) is 0 Å². The molecule has 3 rings (SSSR count). The maximum Gasteiger partial charge on any atom is 0.243 e. The van der Waals surface area contributed by atoms with E-state index in [0.717, 1.165) is 41.3 Å². The van der Waals surface area contributed by atoms with Crippen LogP contribution in [-0.4, -0.2) is 19.8 Å². The first-order valence-corrected chi connectivity index (χ1v) is 8.84. The fraction of sp³-hybridized carbons (Fsp3) is 0.294. The molecule has 0 aromatic heterocycles. The van der Waals surface area contributed by atoms with Crippen molar-refractivity contribution < 1.29 is 17.2 Å². The second kappa shape index (κ2) is 6.02. The Hall–Kier alpha value is -1.79. The Morgan fingerprint density at radius 3 is 2.48 bits per heavy atom. The molecule has 2 aromatic rings. The molecule has 0 aliphatic heterocycles. The highest BCUT2D eigenvalue weighted by Gasteiger charge is 2.23. The lowest BCUT2D eigenvalue weighted by Crippen LogP contribution is -2.26. The van der Waals surface area contributed by atoms with Crippen molar-refractivity contribution in [1.29, 1.82) is 0 Å². The molecule has 0 radical (unpaired) electrons. The number of aryl methyl sites for hydroxylation is 2. The van der Waals surface area contributed by atoms with Gasteiger partial charge in [-0.1, -0.05) is 12.1 Å². The summed E-state index contributed by atoms with van der Waals surface area (Å²) in [6, 6.07) is 8.60. The number of hydrogen-bond donors (Lipinski definition) is 0.